The maximum atomic E-state index is 13.2. The molecule has 1 amide bonds. The van der Waals surface area contributed by atoms with Gasteiger partial charge in [0, 0.05) is 19.2 Å². The highest BCUT2D eigenvalue weighted by Crippen LogP contribution is 2.32. The van der Waals surface area contributed by atoms with E-state index in [2.05, 4.69) is 10.4 Å². The molecule has 0 saturated carbocycles. The maximum Gasteiger partial charge on any atom is 0.264 e. The van der Waals surface area contributed by atoms with E-state index in [-0.39, 0.29) is 16.4 Å². The molecule has 0 atom stereocenters. The van der Waals surface area contributed by atoms with Gasteiger partial charge in [-0.25, -0.2) is 8.42 Å². The van der Waals surface area contributed by atoms with Crippen LogP contribution in [0.15, 0.2) is 53.4 Å². The Kier molecular flexibility index (Phi) is 4.66. The smallest absolute Gasteiger partial charge is 0.264 e. The molecule has 7 nitrogen and oxygen atoms in total. The Bertz CT molecular complexity index is 1210. The van der Waals surface area contributed by atoms with Crippen molar-refractivity contribution in [1.82, 2.24) is 9.78 Å². The van der Waals surface area contributed by atoms with E-state index in [4.69, 9.17) is 0 Å². The van der Waals surface area contributed by atoms with Gasteiger partial charge >= 0.3 is 0 Å². The molecule has 0 spiro atoms. The Hall–Kier alpha value is -3.13. The Balaban J connectivity index is 1.64. The molecule has 8 heteroatoms. The average molecular weight is 410 g/mol. The SMILES string of the molecule is Cc1nn(C)c(C)c1NC(=O)c1cccc(S(=O)(=O)N2CCc3ccccc32)c1. The summed E-state index contributed by atoms with van der Waals surface area (Å²) in [5.41, 5.74) is 4.15. The molecule has 1 aliphatic heterocycles. The fourth-order valence-corrected chi connectivity index (χ4v) is 5.17. The molecule has 0 fully saturated rings. The molecule has 2 aromatic carbocycles. The third-order valence-electron chi connectivity index (χ3n) is 5.28. The van der Waals surface area contributed by atoms with Crippen molar-refractivity contribution in [3.8, 4) is 0 Å². The summed E-state index contributed by atoms with van der Waals surface area (Å²) in [4.78, 5) is 12.9. The average Bonchev–Trinajstić information content (AvgIpc) is 3.25. The first-order valence-electron chi connectivity index (χ1n) is 9.31. The number of anilines is 2. The van der Waals surface area contributed by atoms with Crippen molar-refractivity contribution in [2.75, 3.05) is 16.2 Å². The van der Waals surface area contributed by atoms with Crippen molar-refractivity contribution in [2.45, 2.75) is 25.2 Å². The number of carbonyl (C=O) groups is 1. The zero-order valence-corrected chi connectivity index (χ0v) is 17.3. The largest absolute Gasteiger partial charge is 0.319 e. The van der Waals surface area contributed by atoms with Crippen molar-refractivity contribution >= 4 is 27.3 Å². The van der Waals surface area contributed by atoms with Crippen LogP contribution >= 0.6 is 0 Å². The van der Waals surface area contributed by atoms with Crippen LogP contribution in [0.5, 0.6) is 0 Å². The lowest BCUT2D eigenvalue weighted by molar-refractivity contribution is 0.102. The van der Waals surface area contributed by atoms with E-state index in [9.17, 15) is 13.2 Å². The first-order chi connectivity index (χ1) is 13.8. The number of benzene rings is 2. The van der Waals surface area contributed by atoms with E-state index in [0.717, 1.165) is 11.3 Å². The lowest BCUT2D eigenvalue weighted by Crippen LogP contribution is -2.29. The molecular weight excluding hydrogens is 388 g/mol. The van der Waals surface area contributed by atoms with E-state index >= 15 is 0 Å². The Labute approximate surface area is 170 Å². The molecule has 150 valence electrons. The zero-order valence-electron chi connectivity index (χ0n) is 16.5. The summed E-state index contributed by atoms with van der Waals surface area (Å²) in [6.07, 6.45) is 0.676. The fraction of sp³-hybridized carbons (Fsp3) is 0.238. The highest BCUT2D eigenvalue weighted by molar-refractivity contribution is 7.92. The monoisotopic (exact) mass is 410 g/mol. The summed E-state index contributed by atoms with van der Waals surface area (Å²) in [7, 11) is -1.95. The summed E-state index contributed by atoms with van der Waals surface area (Å²) in [6.45, 7) is 4.07. The van der Waals surface area contributed by atoms with E-state index in [1.807, 2.05) is 38.1 Å². The van der Waals surface area contributed by atoms with Gasteiger partial charge in [0.2, 0.25) is 0 Å². The molecule has 0 bridgehead atoms. The zero-order chi connectivity index (χ0) is 20.8. The van der Waals surface area contributed by atoms with Crippen LogP contribution in [-0.4, -0.2) is 30.7 Å². The standard InChI is InChI=1S/C21H22N4O3S/c1-14-20(15(2)24(3)23-14)22-21(26)17-8-6-9-18(13-17)29(27,28)25-12-11-16-7-4-5-10-19(16)25/h4-10,13H,11-12H2,1-3H3,(H,22,26). The van der Waals surface area contributed by atoms with Crippen molar-refractivity contribution in [3.63, 3.8) is 0 Å². The predicted octanol–water partition coefficient (Wildman–Crippen LogP) is 3.04. The van der Waals surface area contributed by atoms with E-state index in [1.54, 1.807) is 23.9 Å². The second-order valence-corrected chi connectivity index (χ2v) is 8.97. The molecule has 4 rings (SSSR count). The summed E-state index contributed by atoms with van der Waals surface area (Å²) >= 11 is 0. The molecule has 1 N–H and O–H groups in total. The Morgan fingerprint density at radius 3 is 2.59 bits per heavy atom. The van der Waals surface area contributed by atoms with Crippen LogP contribution < -0.4 is 9.62 Å². The third kappa shape index (κ3) is 3.29. The molecular formula is C21H22N4O3S. The van der Waals surface area contributed by atoms with E-state index in [1.165, 1.54) is 16.4 Å². The number of aryl methyl sites for hydroxylation is 2. The first-order valence-corrected chi connectivity index (χ1v) is 10.8. The van der Waals surface area contributed by atoms with Gasteiger partial charge in [-0.05, 0) is 50.1 Å². The van der Waals surface area contributed by atoms with Gasteiger partial charge in [-0.1, -0.05) is 24.3 Å². The van der Waals surface area contributed by atoms with E-state index < -0.39 is 10.0 Å². The predicted molar refractivity (Wildman–Crippen MR) is 112 cm³/mol. The van der Waals surface area contributed by atoms with Crippen LogP contribution in [-0.2, 0) is 23.5 Å². The lowest BCUT2D eigenvalue weighted by atomic mass is 10.2. The number of nitrogens with zero attached hydrogens (tertiary/aromatic N) is 3. The van der Waals surface area contributed by atoms with Gasteiger partial charge in [0.05, 0.1) is 27.7 Å². The molecule has 3 aromatic rings. The topological polar surface area (TPSA) is 84.3 Å². The first kappa shape index (κ1) is 19.2. The molecule has 0 radical (unpaired) electrons. The summed E-state index contributed by atoms with van der Waals surface area (Å²) in [5.74, 6) is -0.372. The van der Waals surface area contributed by atoms with Gasteiger partial charge in [-0.2, -0.15) is 5.10 Å². The minimum absolute atomic E-state index is 0.0986. The van der Waals surface area contributed by atoms with E-state index in [0.29, 0.717) is 30.0 Å². The Morgan fingerprint density at radius 1 is 1.10 bits per heavy atom. The summed E-state index contributed by atoms with van der Waals surface area (Å²) in [5, 5.41) is 7.14. The number of aromatic nitrogens is 2. The van der Waals surface area contributed by atoms with Gasteiger partial charge < -0.3 is 5.32 Å². The highest BCUT2D eigenvalue weighted by atomic mass is 32.2. The molecule has 0 unspecified atom stereocenters. The number of hydrogen-bond donors (Lipinski definition) is 1. The van der Waals surface area contributed by atoms with Gasteiger partial charge in [0.1, 0.15) is 0 Å². The molecule has 0 aliphatic carbocycles. The minimum Gasteiger partial charge on any atom is -0.319 e. The van der Waals surface area contributed by atoms with Crippen molar-refractivity contribution in [3.05, 3.63) is 71.0 Å². The van der Waals surface area contributed by atoms with Crippen molar-refractivity contribution in [1.29, 1.82) is 0 Å². The van der Waals surface area contributed by atoms with Crippen LogP contribution in [0.2, 0.25) is 0 Å². The number of carbonyl (C=O) groups excluding carboxylic acids is 1. The third-order valence-corrected chi connectivity index (χ3v) is 7.09. The maximum absolute atomic E-state index is 13.2. The molecule has 1 aromatic heterocycles. The summed E-state index contributed by atoms with van der Waals surface area (Å²) in [6, 6.07) is 13.6. The van der Waals surface area contributed by atoms with Crippen LogP contribution in [0, 0.1) is 13.8 Å². The van der Waals surface area contributed by atoms with Gasteiger partial charge in [-0.3, -0.25) is 13.8 Å². The molecule has 2 heterocycles. The number of sulfonamides is 1. The van der Waals surface area contributed by atoms with Crippen LogP contribution in [0.1, 0.15) is 27.3 Å². The van der Waals surface area contributed by atoms with Crippen molar-refractivity contribution < 1.29 is 13.2 Å². The van der Waals surface area contributed by atoms with Crippen molar-refractivity contribution in [2.24, 2.45) is 7.05 Å². The fourth-order valence-electron chi connectivity index (χ4n) is 3.62. The quantitative estimate of drug-likeness (QED) is 0.717. The second kappa shape index (κ2) is 7.04. The van der Waals surface area contributed by atoms with Crippen LogP contribution in [0.25, 0.3) is 0 Å². The molecule has 29 heavy (non-hydrogen) atoms. The molecule has 1 aliphatic rings. The van der Waals surface area contributed by atoms with Gasteiger partial charge in [-0.15, -0.1) is 0 Å². The normalized spacial score (nSPS) is 13.4. The number of nitrogens with one attached hydrogen (secondary N) is 1. The summed E-state index contributed by atoms with van der Waals surface area (Å²) < 4.78 is 29.5. The Morgan fingerprint density at radius 2 is 1.86 bits per heavy atom. The van der Waals surface area contributed by atoms with Crippen LogP contribution in [0.3, 0.4) is 0 Å². The second-order valence-electron chi connectivity index (χ2n) is 7.11. The highest BCUT2D eigenvalue weighted by Gasteiger charge is 2.31. The minimum atomic E-state index is -3.76. The lowest BCUT2D eigenvalue weighted by Gasteiger charge is -2.20. The molecule has 0 saturated heterocycles. The van der Waals surface area contributed by atoms with Gasteiger partial charge in [0.25, 0.3) is 15.9 Å². The number of rotatable bonds is 4. The number of hydrogen-bond acceptors (Lipinski definition) is 4. The number of fused-ring (bicyclic) bond motifs is 1. The number of amides is 1. The number of para-hydroxylation sites is 1. The van der Waals surface area contributed by atoms with Crippen LogP contribution in [0.4, 0.5) is 11.4 Å². The van der Waals surface area contributed by atoms with Gasteiger partial charge in [0.15, 0.2) is 0 Å².